The summed E-state index contributed by atoms with van der Waals surface area (Å²) in [4.78, 5) is 10.8. The molecule has 0 aliphatic rings. The van der Waals surface area contributed by atoms with Gasteiger partial charge in [-0.15, -0.1) is 0 Å². The highest BCUT2D eigenvalue weighted by molar-refractivity contribution is 6.34. The van der Waals surface area contributed by atoms with Gasteiger partial charge in [-0.2, -0.15) is 0 Å². The molecule has 0 aliphatic carbocycles. The molecule has 0 radical (unpaired) electrons. The summed E-state index contributed by atoms with van der Waals surface area (Å²) < 4.78 is 1.38. The molecule has 0 spiro atoms. The Morgan fingerprint density at radius 3 is 2.79 bits per heavy atom. The Morgan fingerprint density at radius 1 is 1.50 bits per heavy atom. The van der Waals surface area contributed by atoms with Crippen LogP contribution in [0.1, 0.15) is 13.8 Å². The summed E-state index contributed by atoms with van der Waals surface area (Å²) in [7, 11) is 0. The van der Waals surface area contributed by atoms with E-state index in [0.29, 0.717) is 10.5 Å². The fraction of sp³-hybridized carbons (Fsp3) is 0.222. The molecule has 0 saturated heterocycles. The van der Waals surface area contributed by atoms with E-state index in [2.05, 4.69) is 5.10 Å². The van der Waals surface area contributed by atoms with Crippen molar-refractivity contribution in [3.63, 3.8) is 0 Å². The molecule has 0 saturated carbocycles. The first-order valence-corrected chi connectivity index (χ1v) is 4.65. The molecule has 2 rings (SSSR count). The van der Waals surface area contributed by atoms with Crippen molar-refractivity contribution >= 4 is 17.1 Å². The van der Waals surface area contributed by atoms with Gasteiger partial charge < -0.3 is 5.11 Å². The predicted octanol–water partition coefficient (Wildman–Crippen LogP) is 2.01. The van der Waals surface area contributed by atoms with E-state index in [9.17, 15) is 9.90 Å². The highest BCUT2D eigenvalue weighted by atomic mass is 35.5. The first-order chi connectivity index (χ1) is 6.68. The summed E-state index contributed by atoms with van der Waals surface area (Å²) in [6.45, 7) is 4.00. The Kier molecular flexibility index (Phi) is 3.19. The Balaban J connectivity index is 0.000000461. The van der Waals surface area contributed by atoms with Crippen LogP contribution >= 0.6 is 11.6 Å². The van der Waals surface area contributed by atoms with Crippen LogP contribution in [0.4, 0.5) is 0 Å². The SMILES string of the molecule is CC.O=c1cc(O)c2c(Cl)ccn2[nH]1. The van der Waals surface area contributed by atoms with E-state index in [-0.39, 0.29) is 11.3 Å². The molecule has 0 aliphatic heterocycles. The van der Waals surface area contributed by atoms with Gasteiger partial charge in [-0.05, 0) is 6.07 Å². The van der Waals surface area contributed by atoms with Crippen LogP contribution in [0.5, 0.6) is 5.75 Å². The maximum atomic E-state index is 10.8. The van der Waals surface area contributed by atoms with E-state index in [1.807, 2.05) is 13.8 Å². The molecule has 2 heterocycles. The average Bonchev–Trinajstić information content (AvgIpc) is 2.51. The van der Waals surface area contributed by atoms with Crippen LogP contribution in [-0.2, 0) is 0 Å². The first kappa shape index (κ1) is 10.7. The topological polar surface area (TPSA) is 57.5 Å². The quantitative estimate of drug-likeness (QED) is 0.705. The first-order valence-electron chi connectivity index (χ1n) is 4.27. The lowest BCUT2D eigenvalue weighted by Crippen LogP contribution is -2.08. The number of hydrogen-bond donors (Lipinski definition) is 2. The largest absolute Gasteiger partial charge is 0.505 e. The molecule has 2 aromatic heterocycles. The zero-order chi connectivity index (χ0) is 10.7. The Bertz CT molecular complexity index is 487. The van der Waals surface area contributed by atoms with E-state index in [1.54, 1.807) is 12.3 Å². The van der Waals surface area contributed by atoms with Gasteiger partial charge in [0.2, 0.25) is 0 Å². The number of hydrogen-bond acceptors (Lipinski definition) is 2. The molecule has 0 fully saturated rings. The minimum Gasteiger partial charge on any atom is -0.505 e. The second-order valence-electron chi connectivity index (χ2n) is 2.39. The minimum atomic E-state index is -0.368. The van der Waals surface area contributed by atoms with Crippen LogP contribution in [0.25, 0.3) is 5.52 Å². The molecule has 0 unspecified atom stereocenters. The number of rotatable bonds is 0. The third-order valence-corrected chi connectivity index (χ3v) is 1.88. The number of aromatic hydroxyl groups is 1. The normalized spacial score (nSPS) is 9.64. The number of halogens is 1. The number of nitrogens with zero attached hydrogens (tertiary/aromatic N) is 1. The molecular weight excluding hydrogens is 204 g/mol. The van der Waals surface area contributed by atoms with Crippen molar-refractivity contribution < 1.29 is 5.11 Å². The van der Waals surface area contributed by atoms with Crippen molar-refractivity contribution in [2.24, 2.45) is 0 Å². The van der Waals surface area contributed by atoms with Crippen molar-refractivity contribution in [3.8, 4) is 5.75 Å². The summed E-state index contributed by atoms with van der Waals surface area (Å²) in [6.07, 6.45) is 1.57. The van der Waals surface area contributed by atoms with Crippen molar-refractivity contribution in [2.75, 3.05) is 0 Å². The minimum absolute atomic E-state index is 0.117. The van der Waals surface area contributed by atoms with E-state index < -0.39 is 0 Å². The van der Waals surface area contributed by atoms with Gasteiger partial charge in [-0.25, -0.2) is 0 Å². The maximum Gasteiger partial charge on any atom is 0.266 e. The van der Waals surface area contributed by atoms with E-state index in [1.165, 1.54) is 4.52 Å². The average molecular weight is 215 g/mol. The predicted molar refractivity (Wildman–Crippen MR) is 56.0 cm³/mol. The van der Waals surface area contributed by atoms with Gasteiger partial charge in [0.05, 0.1) is 5.02 Å². The number of fused-ring (bicyclic) bond motifs is 1. The van der Waals surface area contributed by atoms with E-state index in [0.717, 1.165) is 6.07 Å². The molecule has 14 heavy (non-hydrogen) atoms. The van der Waals surface area contributed by atoms with Crippen LogP contribution in [0.15, 0.2) is 23.1 Å². The van der Waals surface area contributed by atoms with Crippen LogP contribution < -0.4 is 5.56 Å². The van der Waals surface area contributed by atoms with Crippen molar-refractivity contribution in [2.45, 2.75) is 13.8 Å². The van der Waals surface area contributed by atoms with Gasteiger partial charge in [-0.1, -0.05) is 25.4 Å². The van der Waals surface area contributed by atoms with Gasteiger partial charge >= 0.3 is 0 Å². The number of aromatic nitrogens is 2. The molecule has 76 valence electrons. The second kappa shape index (κ2) is 4.19. The van der Waals surface area contributed by atoms with Crippen LogP contribution in [0.3, 0.4) is 0 Å². The number of H-pyrrole nitrogens is 1. The summed E-state index contributed by atoms with van der Waals surface area (Å²) in [5.74, 6) is -0.117. The van der Waals surface area contributed by atoms with Crippen LogP contribution in [0.2, 0.25) is 5.02 Å². The van der Waals surface area contributed by atoms with Gasteiger partial charge in [0.1, 0.15) is 11.3 Å². The zero-order valence-electron chi connectivity index (χ0n) is 7.91. The van der Waals surface area contributed by atoms with Crippen LogP contribution in [-0.4, -0.2) is 14.7 Å². The van der Waals surface area contributed by atoms with Gasteiger partial charge in [0, 0.05) is 12.3 Å². The number of nitrogens with one attached hydrogen (secondary N) is 1. The van der Waals surface area contributed by atoms with E-state index >= 15 is 0 Å². The van der Waals surface area contributed by atoms with Gasteiger partial charge in [0.15, 0.2) is 0 Å². The lowest BCUT2D eigenvalue weighted by atomic mass is 10.4. The molecule has 2 N–H and O–H groups in total. The Labute approximate surface area is 85.7 Å². The number of aromatic amines is 1. The molecule has 5 heteroatoms. The highest BCUT2D eigenvalue weighted by Gasteiger charge is 2.05. The van der Waals surface area contributed by atoms with Crippen molar-refractivity contribution in [1.29, 1.82) is 0 Å². The molecule has 0 atom stereocenters. The molecule has 0 aromatic carbocycles. The standard InChI is InChI=1S/C7H5ClN2O2.C2H6/c8-4-1-2-10-7(4)5(11)3-6(12)9-10;1-2/h1-3,11H,(H,9,12);1-2H3. The Hall–Kier alpha value is -1.42. The van der Waals surface area contributed by atoms with Crippen molar-refractivity contribution in [3.05, 3.63) is 33.7 Å². The van der Waals surface area contributed by atoms with Crippen molar-refractivity contribution in [1.82, 2.24) is 9.61 Å². The monoisotopic (exact) mass is 214 g/mol. The van der Waals surface area contributed by atoms with E-state index in [4.69, 9.17) is 11.6 Å². The highest BCUT2D eigenvalue weighted by Crippen LogP contribution is 2.24. The summed E-state index contributed by atoms with van der Waals surface area (Å²) in [5.41, 5.74) is 0.0449. The third kappa shape index (κ3) is 1.75. The lowest BCUT2D eigenvalue weighted by molar-refractivity contribution is 0.476. The second-order valence-corrected chi connectivity index (χ2v) is 2.80. The summed E-state index contributed by atoms with van der Waals surface area (Å²) in [6, 6.07) is 2.67. The zero-order valence-corrected chi connectivity index (χ0v) is 8.67. The molecule has 4 nitrogen and oxygen atoms in total. The lowest BCUT2D eigenvalue weighted by Gasteiger charge is -1.96. The molecule has 2 aromatic rings. The van der Waals surface area contributed by atoms with Gasteiger partial charge in [-0.3, -0.25) is 14.4 Å². The third-order valence-electron chi connectivity index (χ3n) is 1.58. The summed E-state index contributed by atoms with van der Waals surface area (Å²) in [5, 5.41) is 12.2. The Morgan fingerprint density at radius 2 is 2.14 bits per heavy atom. The van der Waals surface area contributed by atoms with Gasteiger partial charge in [0.25, 0.3) is 5.56 Å². The summed E-state index contributed by atoms with van der Waals surface area (Å²) >= 11 is 5.73. The fourth-order valence-corrected chi connectivity index (χ4v) is 1.34. The molecular formula is C9H11ClN2O2. The smallest absolute Gasteiger partial charge is 0.266 e. The maximum absolute atomic E-state index is 10.8. The van der Waals surface area contributed by atoms with Crippen LogP contribution in [0, 0.1) is 0 Å². The fourth-order valence-electron chi connectivity index (χ4n) is 1.09. The molecule has 0 amide bonds. The molecule has 0 bridgehead atoms.